The van der Waals surface area contributed by atoms with Gasteiger partial charge < -0.3 is 14.5 Å². The van der Waals surface area contributed by atoms with E-state index in [1.54, 1.807) is 55.0 Å². The van der Waals surface area contributed by atoms with Gasteiger partial charge in [0.15, 0.2) is 11.4 Å². The molecule has 4 aromatic heterocycles. The largest absolute Gasteiger partial charge is 0.481 e. The summed E-state index contributed by atoms with van der Waals surface area (Å²) in [6.45, 7) is 7.92. The molecule has 0 saturated heterocycles. The first kappa shape index (κ1) is 29.0. The average molecular weight is 585 g/mol. The molecule has 5 rings (SSSR count). The molecule has 0 bridgehead atoms. The van der Waals surface area contributed by atoms with Gasteiger partial charge in [-0.2, -0.15) is 5.10 Å². The van der Waals surface area contributed by atoms with Gasteiger partial charge in [-0.25, -0.2) is 19.6 Å². The molecule has 0 aliphatic heterocycles. The normalized spacial score (nSPS) is 11.6. The molecule has 0 spiro atoms. The molecule has 10 nitrogen and oxygen atoms in total. The van der Waals surface area contributed by atoms with Gasteiger partial charge in [-0.05, 0) is 43.0 Å². The Morgan fingerprint density at radius 3 is 2.57 bits per heavy atom. The zero-order valence-electron chi connectivity index (χ0n) is 24.4. The van der Waals surface area contributed by atoms with Crippen molar-refractivity contribution >= 4 is 28.7 Å². The molecule has 42 heavy (non-hydrogen) atoms. The van der Waals surface area contributed by atoms with Crippen LogP contribution in [0.4, 0.5) is 0 Å². The van der Waals surface area contributed by atoms with Crippen LogP contribution < -0.4 is 15.0 Å². The first-order chi connectivity index (χ1) is 20.0. The molecule has 4 heterocycles. The molecule has 216 valence electrons. The monoisotopic (exact) mass is 584 g/mol. The van der Waals surface area contributed by atoms with Gasteiger partial charge in [0.2, 0.25) is 5.88 Å². The lowest BCUT2D eigenvalue weighted by Crippen LogP contribution is -2.13. The quantitative estimate of drug-likeness (QED) is 0.227. The van der Waals surface area contributed by atoms with Gasteiger partial charge in [0.1, 0.15) is 22.7 Å². The SMILES string of the molecule is COc1ccc(-n2nc(C(C)(C)C)cc2CC(=O)Cc2ccc(Oc3ccnc4[nH]c(=O)c(C)nc34)cc2SC)cn1. The van der Waals surface area contributed by atoms with E-state index in [0.29, 0.717) is 34.2 Å². The number of hydrogen-bond acceptors (Lipinski definition) is 9. The van der Waals surface area contributed by atoms with Crippen LogP contribution in [0.15, 0.2) is 64.5 Å². The fraction of sp³-hybridized carbons (Fsp3) is 0.290. The first-order valence-electron chi connectivity index (χ1n) is 13.4. The van der Waals surface area contributed by atoms with Gasteiger partial charge in [0.05, 0.1) is 30.4 Å². The summed E-state index contributed by atoms with van der Waals surface area (Å²) in [6.07, 6.45) is 5.69. The number of nitrogens with zero attached hydrogens (tertiary/aromatic N) is 5. The average Bonchev–Trinajstić information content (AvgIpc) is 3.39. The number of aromatic nitrogens is 6. The maximum absolute atomic E-state index is 13.4. The van der Waals surface area contributed by atoms with Crippen molar-refractivity contribution < 1.29 is 14.3 Å². The van der Waals surface area contributed by atoms with Gasteiger partial charge in [-0.1, -0.05) is 26.8 Å². The number of carbonyl (C=O) groups is 1. The Kier molecular flexibility index (Phi) is 8.13. The molecule has 0 aliphatic carbocycles. The maximum atomic E-state index is 13.4. The zero-order chi connectivity index (χ0) is 30.0. The van der Waals surface area contributed by atoms with E-state index < -0.39 is 0 Å². The lowest BCUT2D eigenvalue weighted by atomic mass is 9.92. The molecule has 0 unspecified atom stereocenters. The van der Waals surface area contributed by atoms with E-state index in [1.807, 2.05) is 36.6 Å². The number of Topliss-reactive ketones (excluding diaryl/α,β-unsaturated/α-hetero) is 1. The van der Waals surface area contributed by atoms with Crippen molar-refractivity contribution in [1.82, 2.24) is 29.7 Å². The number of methoxy groups -OCH3 is 1. The van der Waals surface area contributed by atoms with E-state index in [4.69, 9.17) is 14.6 Å². The van der Waals surface area contributed by atoms with Crippen LogP contribution >= 0.6 is 11.8 Å². The second-order valence-electron chi connectivity index (χ2n) is 10.9. The Bertz CT molecular complexity index is 1820. The number of ether oxygens (including phenoxy) is 2. The zero-order valence-corrected chi connectivity index (χ0v) is 25.2. The smallest absolute Gasteiger partial charge is 0.270 e. The number of benzene rings is 1. The van der Waals surface area contributed by atoms with Crippen LogP contribution in [0.2, 0.25) is 0 Å². The fourth-order valence-electron chi connectivity index (χ4n) is 4.43. The Morgan fingerprint density at radius 2 is 1.88 bits per heavy atom. The second kappa shape index (κ2) is 11.8. The predicted octanol–water partition coefficient (Wildman–Crippen LogP) is 5.38. The van der Waals surface area contributed by atoms with Crippen molar-refractivity contribution in [3.63, 3.8) is 0 Å². The van der Waals surface area contributed by atoms with Crippen molar-refractivity contribution in [2.75, 3.05) is 13.4 Å². The Labute approximate surface area is 247 Å². The highest BCUT2D eigenvalue weighted by Crippen LogP contribution is 2.32. The fourth-order valence-corrected chi connectivity index (χ4v) is 5.06. The molecule has 0 radical (unpaired) electrons. The Balaban J connectivity index is 1.38. The highest BCUT2D eigenvalue weighted by molar-refractivity contribution is 7.98. The number of hydrogen-bond donors (Lipinski definition) is 1. The molecule has 5 aromatic rings. The third-order valence-corrected chi connectivity index (χ3v) is 7.53. The molecule has 1 N–H and O–H groups in total. The lowest BCUT2D eigenvalue weighted by Gasteiger charge is -2.14. The van der Waals surface area contributed by atoms with Crippen LogP contribution in [-0.2, 0) is 23.1 Å². The molecular weight excluding hydrogens is 552 g/mol. The number of ketones is 1. The summed E-state index contributed by atoms with van der Waals surface area (Å²) < 4.78 is 13.1. The molecule has 0 saturated carbocycles. The minimum atomic E-state index is -0.288. The number of aryl methyl sites for hydroxylation is 1. The van der Waals surface area contributed by atoms with E-state index in [0.717, 1.165) is 27.5 Å². The van der Waals surface area contributed by atoms with Crippen molar-refractivity contribution in [2.45, 2.75) is 50.8 Å². The third kappa shape index (κ3) is 6.20. The minimum Gasteiger partial charge on any atom is -0.481 e. The maximum Gasteiger partial charge on any atom is 0.270 e. The molecular formula is C31H32N6O4S. The summed E-state index contributed by atoms with van der Waals surface area (Å²) in [4.78, 5) is 41.9. The number of aromatic amines is 1. The van der Waals surface area contributed by atoms with Crippen LogP contribution in [0.1, 0.15) is 43.4 Å². The summed E-state index contributed by atoms with van der Waals surface area (Å²) in [5, 5.41) is 4.82. The summed E-state index contributed by atoms with van der Waals surface area (Å²) >= 11 is 1.54. The van der Waals surface area contributed by atoms with Crippen LogP contribution in [0.25, 0.3) is 16.9 Å². The molecule has 1 aromatic carbocycles. The van der Waals surface area contributed by atoms with Gasteiger partial charge >= 0.3 is 0 Å². The van der Waals surface area contributed by atoms with Crippen molar-refractivity contribution in [2.24, 2.45) is 0 Å². The van der Waals surface area contributed by atoms with Crippen LogP contribution in [0.5, 0.6) is 17.4 Å². The number of carbonyl (C=O) groups excluding carboxylic acids is 1. The van der Waals surface area contributed by atoms with Gasteiger partial charge in [0.25, 0.3) is 5.56 Å². The second-order valence-corrected chi connectivity index (χ2v) is 11.7. The molecule has 0 atom stereocenters. The van der Waals surface area contributed by atoms with Crippen molar-refractivity contribution in [3.05, 3.63) is 87.9 Å². The molecule has 11 heteroatoms. The Hall–Kier alpha value is -4.51. The molecule has 0 fully saturated rings. The summed E-state index contributed by atoms with van der Waals surface area (Å²) in [5.74, 6) is 1.64. The van der Waals surface area contributed by atoms with Crippen molar-refractivity contribution in [1.29, 1.82) is 0 Å². The minimum absolute atomic E-state index is 0.0609. The van der Waals surface area contributed by atoms with E-state index in [9.17, 15) is 9.59 Å². The van der Waals surface area contributed by atoms with Crippen molar-refractivity contribution in [3.8, 4) is 23.1 Å². The van der Waals surface area contributed by atoms with E-state index in [-0.39, 0.29) is 29.6 Å². The number of fused-ring (bicyclic) bond motifs is 1. The lowest BCUT2D eigenvalue weighted by molar-refractivity contribution is -0.117. The van der Waals surface area contributed by atoms with Gasteiger partial charge in [-0.3, -0.25) is 9.59 Å². The van der Waals surface area contributed by atoms with Gasteiger partial charge in [-0.15, -0.1) is 11.8 Å². The number of nitrogens with one attached hydrogen (secondary N) is 1. The number of H-pyrrole nitrogens is 1. The number of rotatable bonds is 9. The van der Waals surface area contributed by atoms with Crippen LogP contribution in [0.3, 0.4) is 0 Å². The Morgan fingerprint density at radius 1 is 1.07 bits per heavy atom. The highest BCUT2D eigenvalue weighted by atomic mass is 32.2. The van der Waals surface area contributed by atoms with Crippen LogP contribution in [0, 0.1) is 6.92 Å². The van der Waals surface area contributed by atoms with E-state index in [1.165, 1.54) is 0 Å². The third-order valence-electron chi connectivity index (χ3n) is 6.71. The summed E-state index contributed by atoms with van der Waals surface area (Å²) in [6, 6.07) is 13.0. The highest BCUT2D eigenvalue weighted by Gasteiger charge is 2.22. The van der Waals surface area contributed by atoms with Crippen LogP contribution in [-0.4, -0.2) is 48.9 Å². The number of thioether (sulfide) groups is 1. The first-order valence-corrected chi connectivity index (χ1v) is 14.6. The molecule has 0 aliphatic rings. The summed E-state index contributed by atoms with van der Waals surface area (Å²) in [7, 11) is 1.57. The van der Waals surface area contributed by atoms with E-state index >= 15 is 0 Å². The topological polar surface area (TPSA) is 125 Å². The molecule has 0 amide bonds. The summed E-state index contributed by atoms with van der Waals surface area (Å²) in [5.41, 5.74) is 4.05. The standard InChI is InChI=1S/C31H32N6O4S/c1-18-30(39)35-29-28(34-18)24(11-12-32-29)41-23-9-7-19(25(16-23)42-6)13-22(38)14-21-15-26(31(2,3)4)36-37(21)20-8-10-27(40-5)33-17-20/h7-12,15-17H,13-14H2,1-6H3,(H,32,35,39). The van der Waals surface area contributed by atoms with Gasteiger partial charge in [0, 0.05) is 41.5 Å². The number of pyridine rings is 2. The van der Waals surface area contributed by atoms with E-state index in [2.05, 4.69) is 40.7 Å². The predicted molar refractivity (Wildman–Crippen MR) is 162 cm³/mol.